The maximum atomic E-state index is 13.2. The van der Waals surface area contributed by atoms with Crippen LogP contribution in [0.4, 0.5) is 0 Å². The van der Waals surface area contributed by atoms with Crippen molar-refractivity contribution < 1.29 is 58.2 Å². The summed E-state index contributed by atoms with van der Waals surface area (Å²) in [5, 5.41) is 31.6. The monoisotopic (exact) mass is 1140 g/mol. The number of allylic oxidation sites excluding steroid dienone is 6. The second-order valence-corrected chi connectivity index (χ2v) is 23.5. The minimum Gasteiger partial charge on any atom is -0.479 e. The van der Waals surface area contributed by atoms with E-state index in [2.05, 4.69) is 57.2 Å². The molecule has 1 fully saturated rings. The predicted molar refractivity (Wildman–Crippen MR) is 331 cm³/mol. The van der Waals surface area contributed by atoms with Crippen LogP contribution in [-0.2, 0) is 42.9 Å². The van der Waals surface area contributed by atoms with Gasteiger partial charge in [-0.2, -0.15) is 0 Å². The third-order valence-corrected chi connectivity index (χ3v) is 15.7. The molecule has 0 aromatic rings. The summed E-state index contributed by atoms with van der Waals surface area (Å²) in [5.74, 6) is -3.11. The summed E-state index contributed by atoms with van der Waals surface area (Å²) in [6.07, 6.45) is 56.7. The van der Waals surface area contributed by atoms with E-state index in [0.717, 1.165) is 96.3 Å². The van der Waals surface area contributed by atoms with Gasteiger partial charge in [0, 0.05) is 19.3 Å². The number of carboxylic acids is 1. The molecule has 0 spiro atoms. The number of hydrogen-bond acceptors (Lipinski definition) is 11. The molecule has 472 valence electrons. The third-order valence-electron chi connectivity index (χ3n) is 15.7. The molecular weight excluding hydrogens is 1020 g/mol. The highest BCUT2D eigenvalue weighted by atomic mass is 16.7. The largest absolute Gasteiger partial charge is 0.479 e. The van der Waals surface area contributed by atoms with E-state index < -0.39 is 67.3 Å². The molecule has 12 nitrogen and oxygen atoms in total. The van der Waals surface area contributed by atoms with E-state index in [-0.39, 0.29) is 25.9 Å². The SMILES string of the molecule is CCCCCCCC/C=C\CCCCCCCCCCCC(=O)OC1C(OCC(COC(=O)CCCCCCCCC/C=C\CCCCCCCC)OC(=O)CCCCCCC/C=C\CCCCCCCC)OC(C(=O)O)C(O)C1O. The highest BCUT2D eigenvalue weighted by Gasteiger charge is 2.50. The summed E-state index contributed by atoms with van der Waals surface area (Å²) < 4.78 is 28.6. The Morgan fingerprint density at radius 1 is 0.395 bits per heavy atom. The molecular formula is C69H124O12. The fourth-order valence-electron chi connectivity index (χ4n) is 10.4. The van der Waals surface area contributed by atoms with Gasteiger partial charge >= 0.3 is 23.9 Å². The number of aliphatic hydroxyl groups is 2. The first kappa shape index (κ1) is 76.0. The van der Waals surface area contributed by atoms with Crippen molar-refractivity contribution in [3.05, 3.63) is 36.5 Å². The van der Waals surface area contributed by atoms with Gasteiger partial charge in [-0.15, -0.1) is 0 Å². The molecule has 1 aliphatic heterocycles. The van der Waals surface area contributed by atoms with Crippen molar-refractivity contribution in [2.24, 2.45) is 0 Å². The maximum absolute atomic E-state index is 13.2. The lowest BCUT2D eigenvalue weighted by atomic mass is 9.98. The predicted octanol–water partition coefficient (Wildman–Crippen LogP) is 18.4. The highest BCUT2D eigenvalue weighted by Crippen LogP contribution is 2.27. The Labute approximate surface area is 495 Å². The first-order chi connectivity index (χ1) is 39.6. The van der Waals surface area contributed by atoms with E-state index in [4.69, 9.17) is 23.7 Å². The molecule has 1 saturated heterocycles. The summed E-state index contributed by atoms with van der Waals surface area (Å²) >= 11 is 0. The molecule has 1 rings (SSSR count). The van der Waals surface area contributed by atoms with E-state index >= 15 is 0 Å². The smallest absolute Gasteiger partial charge is 0.335 e. The molecule has 3 N–H and O–H groups in total. The van der Waals surface area contributed by atoms with Gasteiger partial charge in [0.2, 0.25) is 0 Å². The lowest BCUT2D eigenvalue weighted by Gasteiger charge is -2.40. The van der Waals surface area contributed by atoms with Crippen LogP contribution in [0, 0.1) is 0 Å². The van der Waals surface area contributed by atoms with Crippen LogP contribution < -0.4 is 0 Å². The Kier molecular flexibility index (Phi) is 53.8. The van der Waals surface area contributed by atoms with E-state index in [1.807, 2.05) is 0 Å². The van der Waals surface area contributed by atoms with Crippen LogP contribution in [0.1, 0.15) is 329 Å². The number of ether oxygens (including phenoxy) is 5. The fraction of sp³-hybridized carbons (Fsp3) is 0.855. The number of hydrogen-bond donors (Lipinski definition) is 3. The quantitative estimate of drug-likeness (QED) is 0.0228. The third kappa shape index (κ3) is 46.9. The van der Waals surface area contributed by atoms with Crippen molar-refractivity contribution in [2.45, 2.75) is 366 Å². The summed E-state index contributed by atoms with van der Waals surface area (Å²) in [7, 11) is 0. The number of aliphatic carboxylic acids is 1. The van der Waals surface area contributed by atoms with Crippen molar-refractivity contribution in [1.82, 2.24) is 0 Å². The normalized spacial score (nSPS) is 17.9. The number of rotatable bonds is 59. The van der Waals surface area contributed by atoms with E-state index in [1.54, 1.807) is 0 Å². The lowest BCUT2D eigenvalue weighted by molar-refractivity contribution is -0.301. The van der Waals surface area contributed by atoms with E-state index in [9.17, 15) is 34.5 Å². The summed E-state index contributed by atoms with van der Waals surface area (Å²) in [4.78, 5) is 51.4. The van der Waals surface area contributed by atoms with Crippen molar-refractivity contribution in [3.63, 3.8) is 0 Å². The number of unbranched alkanes of at least 4 members (excludes halogenated alkanes) is 39. The van der Waals surface area contributed by atoms with Gasteiger partial charge in [-0.25, -0.2) is 4.79 Å². The Morgan fingerprint density at radius 3 is 1.05 bits per heavy atom. The highest BCUT2D eigenvalue weighted by molar-refractivity contribution is 5.74. The van der Waals surface area contributed by atoms with Crippen LogP contribution in [0.3, 0.4) is 0 Å². The first-order valence-corrected chi connectivity index (χ1v) is 34.0. The average molecular weight is 1150 g/mol. The van der Waals surface area contributed by atoms with Crippen molar-refractivity contribution in [3.8, 4) is 0 Å². The lowest BCUT2D eigenvalue weighted by Crippen LogP contribution is -2.61. The van der Waals surface area contributed by atoms with Gasteiger partial charge in [-0.05, 0) is 96.3 Å². The molecule has 12 heteroatoms. The molecule has 0 amide bonds. The molecule has 81 heavy (non-hydrogen) atoms. The van der Waals surface area contributed by atoms with Gasteiger partial charge in [-0.3, -0.25) is 14.4 Å². The zero-order valence-electron chi connectivity index (χ0n) is 52.3. The van der Waals surface area contributed by atoms with Crippen molar-refractivity contribution in [2.75, 3.05) is 13.2 Å². The van der Waals surface area contributed by atoms with Crippen molar-refractivity contribution >= 4 is 23.9 Å². The molecule has 0 radical (unpaired) electrons. The summed E-state index contributed by atoms with van der Waals surface area (Å²) in [6, 6.07) is 0. The molecule has 6 atom stereocenters. The molecule has 0 saturated carbocycles. The van der Waals surface area contributed by atoms with Gasteiger partial charge in [0.05, 0.1) is 6.61 Å². The van der Waals surface area contributed by atoms with Crippen molar-refractivity contribution in [1.29, 1.82) is 0 Å². The zero-order chi connectivity index (χ0) is 58.9. The van der Waals surface area contributed by atoms with Gasteiger partial charge in [0.15, 0.2) is 24.6 Å². The molecule has 6 unspecified atom stereocenters. The number of carboxylic acid groups (broad SMARTS) is 1. The number of carbonyl (C=O) groups excluding carboxylic acids is 3. The number of aliphatic hydroxyl groups excluding tert-OH is 2. The van der Waals surface area contributed by atoms with Gasteiger partial charge in [0.1, 0.15) is 18.8 Å². The zero-order valence-corrected chi connectivity index (χ0v) is 52.3. The minimum absolute atomic E-state index is 0.0601. The summed E-state index contributed by atoms with van der Waals surface area (Å²) in [5.41, 5.74) is 0. The van der Waals surface area contributed by atoms with E-state index in [1.165, 1.54) is 173 Å². The molecule has 1 aliphatic rings. The van der Waals surface area contributed by atoms with Crippen LogP contribution in [-0.4, -0.2) is 89.2 Å². The van der Waals surface area contributed by atoms with Crippen LogP contribution in [0.25, 0.3) is 0 Å². The molecule has 1 heterocycles. The van der Waals surface area contributed by atoms with Crippen LogP contribution in [0.5, 0.6) is 0 Å². The Balaban J connectivity index is 2.63. The van der Waals surface area contributed by atoms with Gasteiger partial charge in [0.25, 0.3) is 0 Å². The Hall–Kier alpha value is -3.06. The Bertz CT molecular complexity index is 1550. The average Bonchev–Trinajstić information content (AvgIpc) is 3.54. The second-order valence-electron chi connectivity index (χ2n) is 23.5. The van der Waals surface area contributed by atoms with Gasteiger partial charge in [-0.1, -0.05) is 250 Å². The topological polar surface area (TPSA) is 175 Å². The fourth-order valence-corrected chi connectivity index (χ4v) is 10.4. The van der Waals surface area contributed by atoms with Crippen LogP contribution in [0.15, 0.2) is 36.5 Å². The number of esters is 3. The minimum atomic E-state index is -1.90. The molecule has 0 bridgehead atoms. The van der Waals surface area contributed by atoms with Gasteiger partial charge < -0.3 is 39.0 Å². The molecule has 0 aromatic carbocycles. The standard InChI is InChI=1S/C69H124O12/c1-4-7-10-13-16-19-22-25-28-30-31-33-36-39-42-45-48-51-54-57-63(72)80-67-65(74)64(73)66(68(75)76)81-69(67)78-59-60(79-62(71)56-53-50-47-44-41-38-34-27-24-21-18-15-12-9-6-3)58-77-61(70)55-52-49-46-43-40-37-35-32-29-26-23-20-17-14-11-8-5-2/h25-29,34,60,64-67,69,73-74H,4-24,30-33,35-59H2,1-3H3,(H,75,76)/b28-25-,29-26-,34-27-. The first-order valence-electron chi connectivity index (χ1n) is 34.0. The summed E-state index contributed by atoms with van der Waals surface area (Å²) in [6.45, 7) is 6.02. The van der Waals surface area contributed by atoms with E-state index in [0.29, 0.717) is 19.3 Å². The molecule has 0 aliphatic carbocycles. The Morgan fingerprint density at radius 2 is 0.704 bits per heavy atom. The van der Waals surface area contributed by atoms with Crippen LogP contribution >= 0.6 is 0 Å². The maximum Gasteiger partial charge on any atom is 0.335 e. The number of carbonyl (C=O) groups is 4. The van der Waals surface area contributed by atoms with Crippen LogP contribution in [0.2, 0.25) is 0 Å². The second kappa shape index (κ2) is 57.4. The molecule has 0 aromatic heterocycles.